The number of methoxy groups -OCH3 is 1. The Morgan fingerprint density at radius 1 is 1.53 bits per heavy atom. The molecule has 0 spiro atoms. The van der Waals surface area contributed by atoms with Gasteiger partial charge in [-0.15, -0.1) is 11.3 Å². The number of hydrogen-bond donors (Lipinski definition) is 2. The van der Waals surface area contributed by atoms with Crippen molar-refractivity contribution in [3.63, 3.8) is 0 Å². The molecule has 19 heavy (non-hydrogen) atoms. The molecule has 0 aromatic carbocycles. The molecule has 4 nitrogen and oxygen atoms in total. The van der Waals surface area contributed by atoms with Crippen LogP contribution >= 0.6 is 11.3 Å². The highest BCUT2D eigenvalue weighted by atomic mass is 32.1. The molecule has 2 amide bonds. The number of rotatable bonds is 6. The molecule has 5 heteroatoms. The third kappa shape index (κ3) is 3.70. The van der Waals surface area contributed by atoms with E-state index < -0.39 is 0 Å². The van der Waals surface area contributed by atoms with Crippen molar-refractivity contribution in [2.45, 2.75) is 37.7 Å². The fourth-order valence-electron chi connectivity index (χ4n) is 2.25. The highest BCUT2D eigenvalue weighted by Crippen LogP contribution is 2.34. The Morgan fingerprint density at radius 3 is 2.84 bits per heavy atom. The number of nitrogens with one attached hydrogen (secondary N) is 2. The Balaban J connectivity index is 1.67. The summed E-state index contributed by atoms with van der Waals surface area (Å²) in [5, 5.41) is 7.88. The third-order valence-corrected chi connectivity index (χ3v) is 4.97. The number of thiophene rings is 1. The minimum absolute atomic E-state index is 0.105. The molecular weight excluding hydrogens is 260 g/mol. The van der Waals surface area contributed by atoms with Crippen LogP contribution in [0.2, 0.25) is 0 Å². The molecule has 1 aliphatic carbocycles. The molecule has 1 atom stereocenters. The topological polar surface area (TPSA) is 50.4 Å². The first-order valence-corrected chi connectivity index (χ1v) is 7.63. The molecule has 1 fully saturated rings. The molecule has 0 bridgehead atoms. The molecule has 0 saturated heterocycles. The molecule has 0 radical (unpaired) electrons. The predicted octanol–water partition coefficient (Wildman–Crippen LogP) is 2.72. The van der Waals surface area contributed by atoms with Crippen molar-refractivity contribution < 1.29 is 9.53 Å². The van der Waals surface area contributed by atoms with Crippen LogP contribution in [-0.2, 0) is 4.74 Å². The van der Waals surface area contributed by atoms with E-state index in [1.165, 1.54) is 11.3 Å². The highest BCUT2D eigenvalue weighted by molar-refractivity contribution is 7.10. The molecule has 1 aromatic heterocycles. The number of hydrogen-bond acceptors (Lipinski definition) is 3. The molecule has 1 saturated carbocycles. The molecule has 2 N–H and O–H groups in total. The largest absolute Gasteiger partial charge is 0.376 e. The number of urea groups is 1. The Morgan fingerprint density at radius 2 is 2.32 bits per heavy atom. The maximum absolute atomic E-state index is 11.7. The molecule has 1 heterocycles. The fraction of sp³-hybridized carbons (Fsp3) is 0.643. The van der Waals surface area contributed by atoms with Gasteiger partial charge in [-0.3, -0.25) is 0 Å². The van der Waals surface area contributed by atoms with Gasteiger partial charge in [0, 0.05) is 31.0 Å². The summed E-state index contributed by atoms with van der Waals surface area (Å²) >= 11 is 1.72. The molecule has 1 aliphatic rings. The quantitative estimate of drug-likeness (QED) is 0.843. The standard InChI is InChI=1S/C14H22N2O2S/c1-11(12-5-3-8-19-12)9-15-13(17)16-10-14(18-2)6-4-7-14/h3,5,8,11H,4,6-7,9-10H2,1-2H3,(H2,15,16,17)/t11-/m0/s1. The van der Waals surface area contributed by atoms with Crippen LogP contribution in [-0.4, -0.2) is 31.8 Å². The first-order valence-electron chi connectivity index (χ1n) is 6.75. The summed E-state index contributed by atoms with van der Waals surface area (Å²) in [6.07, 6.45) is 3.26. The lowest BCUT2D eigenvalue weighted by Crippen LogP contribution is -2.51. The van der Waals surface area contributed by atoms with E-state index >= 15 is 0 Å². The SMILES string of the molecule is COC1(CNC(=O)NC[C@H](C)c2cccs2)CCC1. The molecule has 0 aliphatic heterocycles. The summed E-state index contributed by atoms with van der Waals surface area (Å²) in [7, 11) is 1.72. The predicted molar refractivity (Wildman–Crippen MR) is 77.7 cm³/mol. The third-order valence-electron chi connectivity index (χ3n) is 3.87. The fourth-order valence-corrected chi connectivity index (χ4v) is 3.03. The van der Waals surface area contributed by atoms with Crippen molar-refractivity contribution in [3.8, 4) is 0 Å². The zero-order valence-electron chi connectivity index (χ0n) is 11.6. The van der Waals surface area contributed by atoms with E-state index in [1.54, 1.807) is 18.4 Å². The molecule has 1 aromatic rings. The van der Waals surface area contributed by atoms with Crippen LogP contribution in [0.3, 0.4) is 0 Å². The van der Waals surface area contributed by atoms with Gasteiger partial charge in [-0.1, -0.05) is 13.0 Å². The molecular formula is C14H22N2O2S. The summed E-state index contributed by atoms with van der Waals surface area (Å²) in [6.45, 7) is 3.38. The summed E-state index contributed by atoms with van der Waals surface area (Å²) in [6, 6.07) is 4.03. The van der Waals surface area contributed by atoms with Crippen LogP contribution < -0.4 is 10.6 Å². The van der Waals surface area contributed by atoms with E-state index in [9.17, 15) is 4.79 Å². The van der Waals surface area contributed by atoms with Gasteiger partial charge in [-0.25, -0.2) is 4.79 Å². The second-order valence-corrected chi connectivity index (χ2v) is 6.20. The molecule has 106 valence electrons. The van der Waals surface area contributed by atoms with Crippen molar-refractivity contribution in [3.05, 3.63) is 22.4 Å². The maximum atomic E-state index is 11.7. The number of ether oxygens (including phenoxy) is 1. The second kappa shape index (κ2) is 6.39. The highest BCUT2D eigenvalue weighted by Gasteiger charge is 2.37. The van der Waals surface area contributed by atoms with Crippen molar-refractivity contribution in [1.82, 2.24) is 10.6 Å². The van der Waals surface area contributed by atoms with Gasteiger partial charge in [0.2, 0.25) is 0 Å². The second-order valence-electron chi connectivity index (χ2n) is 5.22. The smallest absolute Gasteiger partial charge is 0.314 e. The van der Waals surface area contributed by atoms with E-state index in [-0.39, 0.29) is 11.6 Å². The lowest BCUT2D eigenvalue weighted by molar-refractivity contribution is -0.0673. The average molecular weight is 282 g/mol. The Labute approximate surface area is 118 Å². The van der Waals surface area contributed by atoms with Crippen molar-refractivity contribution in [2.75, 3.05) is 20.2 Å². The minimum atomic E-state index is -0.114. The van der Waals surface area contributed by atoms with Gasteiger partial charge in [0.25, 0.3) is 0 Å². The van der Waals surface area contributed by atoms with Crippen molar-refractivity contribution in [2.24, 2.45) is 0 Å². The first kappa shape index (κ1) is 14.3. The van der Waals surface area contributed by atoms with Gasteiger partial charge in [-0.2, -0.15) is 0 Å². The summed E-state index contributed by atoms with van der Waals surface area (Å²) in [5.41, 5.74) is -0.114. The number of carbonyl (C=O) groups excluding carboxylic acids is 1. The Hall–Kier alpha value is -1.07. The van der Waals surface area contributed by atoms with E-state index in [2.05, 4.69) is 29.0 Å². The van der Waals surface area contributed by atoms with Crippen LogP contribution in [0.15, 0.2) is 17.5 Å². The summed E-state index contributed by atoms with van der Waals surface area (Å²) in [4.78, 5) is 13.0. The first-order chi connectivity index (χ1) is 9.15. The van der Waals surface area contributed by atoms with Crippen LogP contribution in [0.1, 0.15) is 37.0 Å². The Bertz CT molecular complexity index is 396. The van der Waals surface area contributed by atoms with Crippen LogP contribution in [0.4, 0.5) is 4.79 Å². The van der Waals surface area contributed by atoms with E-state index in [0.29, 0.717) is 19.0 Å². The van der Waals surface area contributed by atoms with E-state index in [0.717, 1.165) is 12.8 Å². The van der Waals surface area contributed by atoms with E-state index in [4.69, 9.17) is 4.74 Å². The van der Waals surface area contributed by atoms with Gasteiger partial charge in [0.15, 0.2) is 0 Å². The normalized spacial score (nSPS) is 18.4. The Kier molecular flexibility index (Phi) is 4.82. The zero-order chi connectivity index (χ0) is 13.7. The van der Waals surface area contributed by atoms with Crippen molar-refractivity contribution >= 4 is 17.4 Å². The van der Waals surface area contributed by atoms with Gasteiger partial charge in [0.05, 0.1) is 5.60 Å². The molecule has 0 unspecified atom stereocenters. The van der Waals surface area contributed by atoms with Gasteiger partial charge < -0.3 is 15.4 Å². The maximum Gasteiger partial charge on any atom is 0.314 e. The lowest BCUT2D eigenvalue weighted by Gasteiger charge is -2.40. The minimum Gasteiger partial charge on any atom is -0.376 e. The van der Waals surface area contributed by atoms with Crippen LogP contribution in [0.5, 0.6) is 0 Å². The monoisotopic (exact) mass is 282 g/mol. The number of carbonyl (C=O) groups is 1. The summed E-state index contributed by atoms with van der Waals surface area (Å²) in [5.74, 6) is 0.353. The van der Waals surface area contributed by atoms with Gasteiger partial charge in [-0.05, 0) is 30.7 Å². The number of amides is 2. The van der Waals surface area contributed by atoms with E-state index in [1.807, 2.05) is 6.07 Å². The van der Waals surface area contributed by atoms with Crippen molar-refractivity contribution in [1.29, 1.82) is 0 Å². The average Bonchev–Trinajstić information content (AvgIpc) is 2.89. The van der Waals surface area contributed by atoms with Gasteiger partial charge in [0.1, 0.15) is 0 Å². The molecule has 2 rings (SSSR count). The summed E-state index contributed by atoms with van der Waals surface area (Å²) < 4.78 is 5.47. The van der Waals surface area contributed by atoms with Crippen LogP contribution in [0, 0.1) is 0 Å². The van der Waals surface area contributed by atoms with Gasteiger partial charge >= 0.3 is 6.03 Å². The lowest BCUT2D eigenvalue weighted by atomic mass is 9.80. The van der Waals surface area contributed by atoms with Crippen LogP contribution in [0.25, 0.3) is 0 Å². The zero-order valence-corrected chi connectivity index (χ0v) is 12.4.